The lowest BCUT2D eigenvalue weighted by Crippen LogP contribution is -2.07. The summed E-state index contributed by atoms with van der Waals surface area (Å²) in [7, 11) is 0. The fourth-order valence-corrected chi connectivity index (χ4v) is 3.97. The Kier molecular flexibility index (Phi) is 10.4. The van der Waals surface area contributed by atoms with E-state index in [0.29, 0.717) is 41.3 Å². The lowest BCUT2D eigenvalue weighted by molar-refractivity contribution is -0.136. The van der Waals surface area contributed by atoms with Crippen molar-refractivity contribution in [2.75, 3.05) is 6.61 Å². The van der Waals surface area contributed by atoms with Crippen LogP contribution in [0.3, 0.4) is 0 Å². The second-order valence-electron chi connectivity index (χ2n) is 8.68. The molecular formula is C27H34N4O4. The highest BCUT2D eigenvalue weighted by Gasteiger charge is 2.15. The van der Waals surface area contributed by atoms with E-state index in [4.69, 9.17) is 9.84 Å². The molecule has 0 unspecified atom stereocenters. The predicted octanol–water partition coefficient (Wildman–Crippen LogP) is 5.63. The molecule has 0 spiro atoms. The summed E-state index contributed by atoms with van der Waals surface area (Å²) in [5.74, 6) is 0.00269. The van der Waals surface area contributed by atoms with Gasteiger partial charge in [0, 0.05) is 23.1 Å². The zero-order valence-corrected chi connectivity index (χ0v) is 20.3. The molecule has 0 bridgehead atoms. The number of carbonyl (C=O) groups excluding carboxylic acids is 1. The highest BCUT2D eigenvalue weighted by atomic mass is 16.5. The lowest BCUT2D eigenvalue weighted by atomic mass is 9.97. The number of rotatable bonds is 16. The van der Waals surface area contributed by atoms with Crippen molar-refractivity contribution in [1.29, 1.82) is 0 Å². The summed E-state index contributed by atoms with van der Waals surface area (Å²) in [6.45, 7) is 2.80. The van der Waals surface area contributed by atoms with E-state index < -0.39 is 5.97 Å². The number of unbranched alkanes of at least 4 members (excludes halogenated alkanes) is 7. The van der Waals surface area contributed by atoms with Crippen LogP contribution < -0.4 is 4.74 Å². The summed E-state index contributed by atoms with van der Waals surface area (Å²) in [6, 6.07) is 12.3. The molecule has 186 valence electrons. The van der Waals surface area contributed by atoms with Crippen molar-refractivity contribution >= 4 is 11.8 Å². The number of H-pyrrole nitrogens is 1. The highest BCUT2D eigenvalue weighted by molar-refractivity contribution is 6.09. The van der Waals surface area contributed by atoms with Gasteiger partial charge in [-0.15, -0.1) is 10.2 Å². The number of aryl methyl sites for hydroxylation is 1. The number of carboxylic acid groups (broad SMARTS) is 1. The van der Waals surface area contributed by atoms with Crippen LogP contribution in [0.5, 0.6) is 5.75 Å². The Morgan fingerprint density at radius 2 is 1.69 bits per heavy atom. The number of carboxylic acids is 1. The average Bonchev–Trinajstić information content (AvgIpc) is 3.42. The first-order valence-electron chi connectivity index (χ1n) is 12.4. The molecule has 2 aromatic carbocycles. The van der Waals surface area contributed by atoms with E-state index in [1.54, 1.807) is 36.4 Å². The van der Waals surface area contributed by atoms with E-state index in [1.165, 1.54) is 38.5 Å². The van der Waals surface area contributed by atoms with Crippen LogP contribution >= 0.6 is 0 Å². The van der Waals surface area contributed by atoms with Crippen LogP contribution in [-0.4, -0.2) is 44.1 Å². The number of ether oxygens (including phenoxy) is 1. The fourth-order valence-electron chi connectivity index (χ4n) is 3.97. The maximum absolute atomic E-state index is 13.2. The zero-order valence-electron chi connectivity index (χ0n) is 20.3. The van der Waals surface area contributed by atoms with Gasteiger partial charge in [0.25, 0.3) is 0 Å². The van der Waals surface area contributed by atoms with Gasteiger partial charge in [0.2, 0.25) is 5.82 Å². The number of ketones is 1. The van der Waals surface area contributed by atoms with Crippen LogP contribution in [0.2, 0.25) is 0 Å². The molecule has 2 N–H and O–H groups in total. The molecule has 0 aliphatic rings. The summed E-state index contributed by atoms with van der Waals surface area (Å²) in [4.78, 5) is 24.3. The minimum absolute atomic E-state index is 0.0287. The molecule has 0 amide bonds. The van der Waals surface area contributed by atoms with Crippen LogP contribution in [0.15, 0.2) is 42.5 Å². The SMILES string of the molecule is CCCCCCCCCCOc1ccc(C(=O)c2cccc(-c3nn[nH]n3)c2)cc1CCC(=O)O. The standard InChI is InChI=1S/C27H34N4O4/c1-2-3-4-5-6-7-8-9-17-35-24-15-13-22(18-20(24)14-16-25(32)33)26(34)21-11-10-12-23(19-21)27-28-30-31-29-27/h10-13,15,18-19H,2-9,14,16-17H2,1H3,(H,32,33)(H,28,29,30,31). The Morgan fingerprint density at radius 1 is 0.943 bits per heavy atom. The molecule has 0 fully saturated rings. The Balaban J connectivity index is 1.63. The minimum Gasteiger partial charge on any atom is -0.493 e. The van der Waals surface area contributed by atoms with Crippen LogP contribution in [0.4, 0.5) is 0 Å². The monoisotopic (exact) mass is 478 g/mol. The number of aromatic nitrogens is 4. The van der Waals surface area contributed by atoms with E-state index in [0.717, 1.165) is 18.4 Å². The summed E-state index contributed by atoms with van der Waals surface area (Å²) in [6.07, 6.45) is 9.97. The third kappa shape index (κ3) is 8.31. The predicted molar refractivity (Wildman–Crippen MR) is 134 cm³/mol. The van der Waals surface area contributed by atoms with Crippen molar-refractivity contribution < 1.29 is 19.4 Å². The molecule has 35 heavy (non-hydrogen) atoms. The van der Waals surface area contributed by atoms with Gasteiger partial charge in [-0.2, -0.15) is 5.21 Å². The molecule has 0 atom stereocenters. The van der Waals surface area contributed by atoms with Gasteiger partial charge in [-0.3, -0.25) is 9.59 Å². The Hall–Kier alpha value is -3.55. The van der Waals surface area contributed by atoms with E-state index in [9.17, 15) is 9.59 Å². The Labute approximate surface area is 206 Å². The summed E-state index contributed by atoms with van der Waals surface area (Å²) >= 11 is 0. The first-order valence-corrected chi connectivity index (χ1v) is 12.4. The number of hydrogen-bond acceptors (Lipinski definition) is 6. The number of nitrogens with one attached hydrogen (secondary N) is 1. The number of aliphatic carboxylic acids is 1. The van der Waals surface area contributed by atoms with Gasteiger partial charge >= 0.3 is 5.97 Å². The molecule has 0 aliphatic heterocycles. The highest BCUT2D eigenvalue weighted by Crippen LogP contribution is 2.25. The van der Waals surface area contributed by atoms with Crippen molar-refractivity contribution in [3.05, 3.63) is 59.2 Å². The van der Waals surface area contributed by atoms with Gasteiger partial charge in [0.1, 0.15) is 5.75 Å². The topological polar surface area (TPSA) is 118 Å². The maximum Gasteiger partial charge on any atom is 0.303 e. The van der Waals surface area contributed by atoms with Gasteiger partial charge in [0.05, 0.1) is 6.61 Å². The van der Waals surface area contributed by atoms with E-state index in [2.05, 4.69) is 27.5 Å². The van der Waals surface area contributed by atoms with Crippen LogP contribution in [-0.2, 0) is 11.2 Å². The second kappa shape index (κ2) is 14.0. The molecule has 3 aromatic rings. The lowest BCUT2D eigenvalue weighted by Gasteiger charge is -2.13. The quantitative estimate of drug-likeness (QED) is 0.202. The number of hydrogen-bond donors (Lipinski definition) is 2. The molecule has 8 heteroatoms. The van der Waals surface area contributed by atoms with Crippen molar-refractivity contribution in [3.8, 4) is 17.1 Å². The Bertz CT molecular complexity index is 1080. The van der Waals surface area contributed by atoms with Gasteiger partial charge in [-0.1, -0.05) is 70.1 Å². The molecular weight excluding hydrogens is 444 g/mol. The van der Waals surface area contributed by atoms with Crippen molar-refractivity contribution in [2.24, 2.45) is 0 Å². The summed E-state index contributed by atoms with van der Waals surface area (Å²) in [5.41, 5.74) is 2.38. The van der Waals surface area contributed by atoms with Crippen molar-refractivity contribution in [1.82, 2.24) is 20.6 Å². The molecule has 0 aliphatic carbocycles. The van der Waals surface area contributed by atoms with Crippen LogP contribution in [0.1, 0.15) is 86.2 Å². The molecule has 0 saturated carbocycles. The average molecular weight is 479 g/mol. The first-order chi connectivity index (χ1) is 17.1. The summed E-state index contributed by atoms with van der Waals surface area (Å²) < 4.78 is 5.99. The molecule has 3 rings (SSSR count). The number of benzene rings is 2. The molecule has 1 heterocycles. The molecule has 1 aromatic heterocycles. The second-order valence-corrected chi connectivity index (χ2v) is 8.68. The van der Waals surface area contributed by atoms with Crippen molar-refractivity contribution in [2.45, 2.75) is 71.1 Å². The minimum atomic E-state index is -0.886. The van der Waals surface area contributed by atoms with E-state index in [-0.39, 0.29) is 12.2 Å². The molecule has 0 saturated heterocycles. The number of carbonyl (C=O) groups is 2. The summed E-state index contributed by atoms with van der Waals surface area (Å²) in [5, 5.41) is 23.1. The van der Waals surface area contributed by atoms with Crippen molar-refractivity contribution in [3.63, 3.8) is 0 Å². The Morgan fingerprint density at radius 3 is 2.40 bits per heavy atom. The van der Waals surface area contributed by atoms with Crippen LogP contribution in [0, 0.1) is 0 Å². The largest absolute Gasteiger partial charge is 0.493 e. The number of tetrazole rings is 1. The van der Waals surface area contributed by atoms with E-state index in [1.807, 2.05) is 6.07 Å². The number of aromatic amines is 1. The number of nitrogens with zero attached hydrogens (tertiary/aromatic N) is 3. The van der Waals surface area contributed by atoms with Gasteiger partial charge in [-0.05, 0) is 47.9 Å². The molecule has 8 nitrogen and oxygen atoms in total. The van der Waals surface area contributed by atoms with E-state index >= 15 is 0 Å². The smallest absolute Gasteiger partial charge is 0.303 e. The molecule has 0 radical (unpaired) electrons. The first kappa shape index (κ1) is 26.1. The zero-order chi connectivity index (χ0) is 24.9. The third-order valence-corrected chi connectivity index (χ3v) is 5.91. The normalized spacial score (nSPS) is 10.9. The van der Waals surface area contributed by atoms with Gasteiger partial charge < -0.3 is 9.84 Å². The third-order valence-electron chi connectivity index (χ3n) is 5.91. The van der Waals surface area contributed by atoms with Crippen LogP contribution in [0.25, 0.3) is 11.4 Å². The fraction of sp³-hybridized carbons (Fsp3) is 0.444. The van der Waals surface area contributed by atoms with Gasteiger partial charge in [-0.25, -0.2) is 0 Å². The maximum atomic E-state index is 13.2. The van der Waals surface area contributed by atoms with Gasteiger partial charge in [0.15, 0.2) is 5.78 Å².